The van der Waals surface area contributed by atoms with Crippen LogP contribution in [0.15, 0.2) is 24.3 Å². The first kappa shape index (κ1) is 15.5. The molecule has 1 rings (SSSR count). The lowest BCUT2D eigenvalue weighted by Gasteiger charge is -2.27. The quantitative estimate of drug-likeness (QED) is 0.795. The van der Waals surface area contributed by atoms with Crippen LogP contribution in [-0.4, -0.2) is 29.8 Å². The number of rotatable bonds is 7. The molecule has 19 heavy (non-hydrogen) atoms. The maximum Gasteiger partial charge on any atom is 0.323 e. The van der Waals surface area contributed by atoms with Crippen LogP contribution in [0.5, 0.6) is 5.75 Å². The second kappa shape index (κ2) is 6.57. The van der Waals surface area contributed by atoms with Crippen LogP contribution in [0.1, 0.15) is 32.8 Å². The van der Waals surface area contributed by atoms with Crippen molar-refractivity contribution < 1.29 is 14.6 Å². The molecule has 4 heteroatoms. The normalized spacial score (nSPS) is 15.6. The van der Waals surface area contributed by atoms with E-state index >= 15 is 0 Å². The average Bonchev–Trinajstić information content (AvgIpc) is 2.39. The highest BCUT2D eigenvalue weighted by molar-refractivity contribution is 5.78. The van der Waals surface area contributed by atoms with E-state index in [1.165, 1.54) is 5.56 Å². The fourth-order valence-corrected chi connectivity index (χ4v) is 1.95. The zero-order valence-corrected chi connectivity index (χ0v) is 12.1. The standard InChI is InChI=1S/C15H23NO3/c1-5-12-6-8-13(9-7-12)19-11(2)10-15(3,16-4)14(17)18/h6-9,11,16H,5,10H2,1-4H3,(H,17,18). The number of aryl methyl sites for hydroxylation is 1. The average molecular weight is 265 g/mol. The molecule has 0 aliphatic carbocycles. The highest BCUT2D eigenvalue weighted by atomic mass is 16.5. The Morgan fingerprint density at radius 1 is 1.42 bits per heavy atom. The highest BCUT2D eigenvalue weighted by Gasteiger charge is 2.33. The molecule has 0 heterocycles. The molecule has 2 unspecified atom stereocenters. The van der Waals surface area contributed by atoms with E-state index in [0.717, 1.165) is 12.2 Å². The summed E-state index contributed by atoms with van der Waals surface area (Å²) in [6, 6.07) is 7.90. The number of ether oxygens (including phenoxy) is 1. The Morgan fingerprint density at radius 2 is 2.00 bits per heavy atom. The minimum absolute atomic E-state index is 0.180. The molecule has 2 atom stereocenters. The summed E-state index contributed by atoms with van der Waals surface area (Å²) < 4.78 is 5.76. The van der Waals surface area contributed by atoms with Gasteiger partial charge in [-0.05, 0) is 45.0 Å². The fourth-order valence-electron chi connectivity index (χ4n) is 1.95. The van der Waals surface area contributed by atoms with Gasteiger partial charge in [-0.1, -0.05) is 19.1 Å². The lowest BCUT2D eigenvalue weighted by atomic mass is 9.95. The Hall–Kier alpha value is -1.55. The Labute approximate surface area is 114 Å². The van der Waals surface area contributed by atoms with E-state index in [0.29, 0.717) is 6.42 Å². The van der Waals surface area contributed by atoms with E-state index in [4.69, 9.17) is 4.74 Å². The summed E-state index contributed by atoms with van der Waals surface area (Å²) in [6.45, 7) is 5.64. The number of likely N-dealkylation sites (N-methyl/N-ethyl adjacent to an activating group) is 1. The third-order valence-electron chi connectivity index (χ3n) is 3.39. The van der Waals surface area contributed by atoms with Gasteiger partial charge in [-0.25, -0.2) is 0 Å². The van der Waals surface area contributed by atoms with Crippen LogP contribution >= 0.6 is 0 Å². The summed E-state index contributed by atoms with van der Waals surface area (Å²) in [5.74, 6) is -0.0969. The third kappa shape index (κ3) is 4.24. The second-order valence-electron chi connectivity index (χ2n) is 5.02. The monoisotopic (exact) mass is 265 g/mol. The molecule has 0 fully saturated rings. The minimum atomic E-state index is -0.969. The topological polar surface area (TPSA) is 58.6 Å². The maximum atomic E-state index is 11.2. The Bertz CT molecular complexity index is 416. The molecular weight excluding hydrogens is 242 g/mol. The Kier molecular flexibility index (Phi) is 5.36. The molecule has 0 saturated heterocycles. The first-order chi connectivity index (χ1) is 8.91. The number of carboxylic acid groups (broad SMARTS) is 1. The lowest BCUT2D eigenvalue weighted by molar-refractivity contribution is -0.145. The van der Waals surface area contributed by atoms with Gasteiger partial charge >= 0.3 is 5.97 Å². The van der Waals surface area contributed by atoms with Gasteiger partial charge in [-0.15, -0.1) is 0 Å². The molecule has 0 saturated carbocycles. The molecule has 0 bridgehead atoms. The zero-order chi connectivity index (χ0) is 14.5. The molecule has 1 aromatic carbocycles. The summed E-state index contributed by atoms with van der Waals surface area (Å²) >= 11 is 0. The molecule has 1 aromatic rings. The first-order valence-corrected chi connectivity index (χ1v) is 6.59. The Balaban J connectivity index is 2.63. The molecule has 0 amide bonds. The van der Waals surface area contributed by atoms with Gasteiger partial charge in [0.25, 0.3) is 0 Å². The molecule has 106 valence electrons. The summed E-state index contributed by atoms with van der Waals surface area (Å²) in [5, 5.41) is 12.0. The van der Waals surface area contributed by atoms with E-state index in [-0.39, 0.29) is 6.10 Å². The molecule has 4 nitrogen and oxygen atoms in total. The number of carboxylic acids is 1. The van der Waals surface area contributed by atoms with E-state index < -0.39 is 11.5 Å². The van der Waals surface area contributed by atoms with Crippen LogP contribution in [-0.2, 0) is 11.2 Å². The van der Waals surface area contributed by atoms with E-state index in [1.807, 2.05) is 31.2 Å². The largest absolute Gasteiger partial charge is 0.491 e. The van der Waals surface area contributed by atoms with Gasteiger partial charge in [0, 0.05) is 6.42 Å². The predicted octanol–water partition coefficient (Wildman–Crippen LogP) is 2.47. The zero-order valence-electron chi connectivity index (χ0n) is 12.1. The first-order valence-electron chi connectivity index (χ1n) is 6.59. The predicted molar refractivity (Wildman–Crippen MR) is 75.6 cm³/mol. The van der Waals surface area contributed by atoms with Crippen LogP contribution in [0, 0.1) is 0 Å². The molecule has 2 N–H and O–H groups in total. The van der Waals surface area contributed by atoms with Crippen molar-refractivity contribution in [3.8, 4) is 5.75 Å². The minimum Gasteiger partial charge on any atom is -0.491 e. The molecule has 0 aliphatic rings. The van der Waals surface area contributed by atoms with E-state index in [9.17, 15) is 9.90 Å². The smallest absolute Gasteiger partial charge is 0.323 e. The summed E-state index contributed by atoms with van der Waals surface area (Å²) in [5.41, 5.74) is 0.286. The van der Waals surface area contributed by atoms with Gasteiger partial charge in [0.1, 0.15) is 11.3 Å². The number of hydrogen-bond acceptors (Lipinski definition) is 3. The van der Waals surface area contributed by atoms with Gasteiger partial charge in [0.2, 0.25) is 0 Å². The van der Waals surface area contributed by atoms with Crippen molar-refractivity contribution in [1.82, 2.24) is 5.32 Å². The van der Waals surface area contributed by atoms with Gasteiger partial charge in [0.05, 0.1) is 6.10 Å². The highest BCUT2D eigenvalue weighted by Crippen LogP contribution is 2.19. The van der Waals surface area contributed by atoms with Gasteiger partial charge in [-0.3, -0.25) is 4.79 Å². The molecular formula is C15H23NO3. The van der Waals surface area contributed by atoms with Crippen molar-refractivity contribution in [3.63, 3.8) is 0 Å². The maximum absolute atomic E-state index is 11.2. The van der Waals surface area contributed by atoms with Crippen LogP contribution in [0.25, 0.3) is 0 Å². The number of benzene rings is 1. The van der Waals surface area contributed by atoms with Gasteiger partial charge in [-0.2, -0.15) is 0 Å². The van der Waals surface area contributed by atoms with Crippen LogP contribution < -0.4 is 10.1 Å². The van der Waals surface area contributed by atoms with Crippen LogP contribution in [0.2, 0.25) is 0 Å². The summed E-state index contributed by atoms with van der Waals surface area (Å²) in [7, 11) is 1.65. The molecule has 0 radical (unpaired) electrons. The van der Waals surface area contributed by atoms with Crippen molar-refractivity contribution in [1.29, 1.82) is 0 Å². The van der Waals surface area contributed by atoms with Gasteiger partial charge in [0.15, 0.2) is 0 Å². The SMILES string of the molecule is CCc1ccc(OC(C)CC(C)(NC)C(=O)O)cc1. The fraction of sp³-hybridized carbons (Fsp3) is 0.533. The van der Waals surface area contributed by atoms with E-state index in [2.05, 4.69) is 12.2 Å². The third-order valence-corrected chi connectivity index (χ3v) is 3.39. The molecule has 0 spiro atoms. The number of aliphatic carboxylic acids is 1. The van der Waals surface area contributed by atoms with Crippen molar-refractivity contribution in [2.75, 3.05) is 7.05 Å². The number of hydrogen-bond donors (Lipinski definition) is 2. The van der Waals surface area contributed by atoms with Gasteiger partial charge < -0.3 is 15.2 Å². The van der Waals surface area contributed by atoms with Crippen molar-refractivity contribution in [2.24, 2.45) is 0 Å². The number of nitrogens with one attached hydrogen (secondary N) is 1. The van der Waals surface area contributed by atoms with Crippen molar-refractivity contribution in [2.45, 2.75) is 45.3 Å². The van der Waals surface area contributed by atoms with E-state index in [1.54, 1.807) is 14.0 Å². The summed E-state index contributed by atoms with van der Waals surface area (Å²) in [6.07, 6.45) is 1.21. The molecule has 0 aromatic heterocycles. The van der Waals surface area contributed by atoms with Crippen LogP contribution in [0.3, 0.4) is 0 Å². The Morgan fingerprint density at radius 3 is 2.42 bits per heavy atom. The lowest BCUT2D eigenvalue weighted by Crippen LogP contribution is -2.50. The molecule has 0 aliphatic heterocycles. The summed E-state index contributed by atoms with van der Waals surface area (Å²) in [4.78, 5) is 11.2. The van der Waals surface area contributed by atoms with Crippen molar-refractivity contribution in [3.05, 3.63) is 29.8 Å². The number of carbonyl (C=O) groups is 1. The second-order valence-corrected chi connectivity index (χ2v) is 5.02. The van der Waals surface area contributed by atoms with Crippen molar-refractivity contribution >= 4 is 5.97 Å². The van der Waals surface area contributed by atoms with Crippen LogP contribution in [0.4, 0.5) is 0 Å².